The number of benzene rings is 2. The van der Waals surface area contributed by atoms with Gasteiger partial charge in [0.05, 0.1) is 6.61 Å². The number of thiol groups is 1. The number of hydrogen-bond donors (Lipinski definition) is 5. The topological polar surface area (TPSA) is 157 Å². The fourth-order valence-corrected chi connectivity index (χ4v) is 8.13. The Kier molecular flexibility index (Phi) is 15.5. The lowest BCUT2D eigenvalue weighted by Gasteiger charge is -2.33. The molecule has 3 aliphatic rings. The quantitative estimate of drug-likeness (QED) is 0.104. The molecule has 3 heterocycles. The summed E-state index contributed by atoms with van der Waals surface area (Å²) in [6.07, 6.45) is 2.24. The zero-order valence-electron chi connectivity index (χ0n) is 26.1. The lowest BCUT2D eigenvalue weighted by atomic mass is 9.83. The molecule has 2 aromatic rings. The van der Waals surface area contributed by atoms with E-state index in [0.29, 0.717) is 50.2 Å². The number of likely N-dealkylation sites (tertiary alicyclic amines) is 1. The molecular formula is C31H42Cl2N5O7PS. The first kappa shape index (κ1) is 38.8. The van der Waals surface area contributed by atoms with Crippen LogP contribution in [0.1, 0.15) is 37.3 Å². The number of aliphatic carboxylic acids is 1. The van der Waals surface area contributed by atoms with E-state index in [1.807, 2.05) is 60.7 Å². The van der Waals surface area contributed by atoms with Crippen LogP contribution in [0.5, 0.6) is 0 Å². The zero-order valence-corrected chi connectivity index (χ0v) is 29.4. The smallest absolute Gasteiger partial charge is 0.343 e. The van der Waals surface area contributed by atoms with Gasteiger partial charge in [-0.15, -0.1) is 23.2 Å². The molecule has 5 rings (SSSR count). The molecule has 0 aromatic heterocycles. The molecule has 0 radical (unpaired) electrons. The predicted octanol–water partition coefficient (Wildman–Crippen LogP) is 4.28. The summed E-state index contributed by atoms with van der Waals surface area (Å²) in [6, 6.07) is 17.4. The minimum absolute atomic E-state index is 0.0927. The Balaban J connectivity index is 0.000000196. The van der Waals surface area contributed by atoms with Crippen molar-refractivity contribution in [3.05, 3.63) is 71.8 Å². The number of amides is 4. The number of imide groups is 1. The van der Waals surface area contributed by atoms with Gasteiger partial charge >= 0.3 is 19.7 Å². The Morgan fingerprint density at radius 3 is 2.06 bits per heavy atom. The summed E-state index contributed by atoms with van der Waals surface area (Å²) < 4.78 is 19.2. The number of halogens is 2. The molecule has 3 saturated heterocycles. The van der Waals surface area contributed by atoms with E-state index in [9.17, 15) is 23.7 Å². The van der Waals surface area contributed by atoms with Crippen LogP contribution in [0.2, 0.25) is 0 Å². The summed E-state index contributed by atoms with van der Waals surface area (Å²) in [5, 5.41) is 16.8. The molecule has 4 amide bonds. The van der Waals surface area contributed by atoms with Crippen molar-refractivity contribution in [2.24, 2.45) is 5.92 Å². The summed E-state index contributed by atoms with van der Waals surface area (Å²) in [6.45, 7) is 4.64. The molecule has 0 spiro atoms. The number of nitrogens with one attached hydrogen (secondary N) is 3. The van der Waals surface area contributed by atoms with Gasteiger partial charge in [0, 0.05) is 49.6 Å². The van der Waals surface area contributed by atoms with Crippen LogP contribution >= 0.6 is 43.5 Å². The van der Waals surface area contributed by atoms with E-state index in [2.05, 4.69) is 28.3 Å². The molecule has 47 heavy (non-hydrogen) atoms. The van der Waals surface area contributed by atoms with Crippen molar-refractivity contribution in [1.82, 2.24) is 25.3 Å². The van der Waals surface area contributed by atoms with Crippen LogP contribution in [-0.4, -0.2) is 94.8 Å². The maximum Gasteiger partial charge on any atom is 0.343 e. The number of urea groups is 1. The SMILES string of the molecule is C[C@H](CS)C(=O)N1CCC[C@H]1C(=O)O.O=C1NC(=O)C(c2ccccc2)(c2ccccc2)N1.O=P1(N(CCCl)CCCl)NCCCO1. The van der Waals surface area contributed by atoms with Crippen LogP contribution in [0.3, 0.4) is 0 Å². The van der Waals surface area contributed by atoms with Crippen LogP contribution in [0.25, 0.3) is 0 Å². The minimum Gasteiger partial charge on any atom is -0.480 e. The fourth-order valence-electron chi connectivity index (χ4n) is 5.33. The number of alkyl halides is 2. The van der Waals surface area contributed by atoms with E-state index in [1.54, 1.807) is 11.6 Å². The van der Waals surface area contributed by atoms with Gasteiger partial charge in [-0.25, -0.2) is 19.3 Å². The highest BCUT2D eigenvalue weighted by Gasteiger charge is 2.49. The Morgan fingerprint density at radius 2 is 1.64 bits per heavy atom. The molecule has 1 unspecified atom stereocenters. The molecule has 0 saturated carbocycles. The van der Waals surface area contributed by atoms with Crippen LogP contribution in [0.4, 0.5) is 4.79 Å². The summed E-state index contributed by atoms with van der Waals surface area (Å²) in [7, 11) is -2.84. The normalized spacial score (nSPS) is 22.2. The number of carbonyl (C=O) groups is 4. The second-order valence-corrected chi connectivity index (χ2v) is 14.3. The van der Waals surface area contributed by atoms with Crippen molar-refractivity contribution < 1.29 is 33.4 Å². The molecule has 16 heteroatoms. The number of carbonyl (C=O) groups excluding carboxylic acids is 3. The first-order chi connectivity index (χ1) is 22.5. The van der Waals surface area contributed by atoms with E-state index in [-0.39, 0.29) is 17.7 Å². The van der Waals surface area contributed by atoms with E-state index < -0.39 is 31.3 Å². The monoisotopic (exact) mass is 729 g/mol. The maximum atomic E-state index is 12.3. The number of hydrogen-bond acceptors (Lipinski definition) is 7. The molecule has 3 fully saturated rings. The number of rotatable bonds is 10. The lowest BCUT2D eigenvalue weighted by Crippen LogP contribution is -2.44. The summed E-state index contributed by atoms with van der Waals surface area (Å²) >= 11 is 15.3. The van der Waals surface area contributed by atoms with Crippen molar-refractivity contribution in [3.63, 3.8) is 0 Å². The van der Waals surface area contributed by atoms with Gasteiger partial charge in [0.15, 0.2) is 5.54 Å². The van der Waals surface area contributed by atoms with Gasteiger partial charge in [-0.1, -0.05) is 67.6 Å². The number of carboxylic acid groups (broad SMARTS) is 1. The minimum atomic E-state index is -2.84. The van der Waals surface area contributed by atoms with Gasteiger partial charge in [-0.2, -0.15) is 12.6 Å². The summed E-state index contributed by atoms with van der Waals surface area (Å²) in [5.74, 6) is -0.236. The standard InChI is InChI=1S/C15H12N2O2.C9H15NO3S.C7H15Cl2N2O2P/c18-13-15(17-14(19)16-13,11-7-3-1-4-8-11)12-9-5-2-6-10-12;1-6(5-14)8(11)10-4-2-3-7(10)9(12)13;8-2-5-11(6-3-9)14(12)10-4-1-7-13-14/h1-10H,(H2,16,17,18,19);6-7,14H,2-5H2,1H3,(H,12,13);1-7H2,(H,10,12)/t;6-,7+;/m.1./s1. The van der Waals surface area contributed by atoms with Gasteiger partial charge in [0.2, 0.25) is 5.91 Å². The first-order valence-electron chi connectivity index (χ1n) is 15.3. The molecule has 4 N–H and O–H groups in total. The van der Waals surface area contributed by atoms with E-state index in [4.69, 9.17) is 32.8 Å². The molecular weight excluding hydrogens is 688 g/mol. The fraction of sp³-hybridized carbons (Fsp3) is 0.484. The lowest BCUT2D eigenvalue weighted by molar-refractivity contribution is -0.149. The van der Waals surface area contributed by atoms with E-state index in [0.717, 1.165) is 30.5 Å². The summed E-state index contributed by atoms with van der Waals surface area (Å²) in [5.41, 5.74) is 0.341. The van der Waals surface area contributed by atoms with Crippen LogP contribution < -0.4 is 15.7 Å². The van der Waals surface area contributed by atoms with Crippen LogP contribution in [-0.2, 0) is 29.0 Å². The van der Waals surface area contributed by atoms with Crippen molar-refractivity contribution in [3.8, 4) is 0 Å². The molecule has 2 aromatic carbocycles. The van der Waals surface area contributed by atoms with Gasteiger partial charge in [-0.05, 0) is 30.4 Å². The molecule has 12 nitrogen and oxygen atoms in total. The van der Waals surface area contributed by atoms with Crippen molar-refractivity contribution in [2.45, 2.75) is 37.8 Å². The number of carboxylic acids is 1. The predicted molar refractivity (Wildman–Crippen MR) is 185 cm³/mol. The first-order valence-corrected chi connectivity index (χ1v) is 18.6. The van der Waals surface area contributed by atoms with Gasteiger partial charge < -0.3 is 19.8 Å². The van der Waals surface area contributed by atoms with Gasteiger partial charge in [-0.3, -0.25) is 19.5 Å². The van der Waals surface area contributed by atoms with Gasteiger partial charge in [0.1, 0.15) is 6.04 Å². The average Bonchev–Trinajstić information content (AvgIpc) is 3.70. The molecule has 258 valence electrons. The third kappa shape index (κ3) is 9.95. The molecule has 0 bridgehead atoms. The van der Waals surface area contributed by atoms with Crippen LogP contribution in [0.15, 0.2) is 60.7 Å². The highest BCUT2D eigenvalue weighted by atomic mass is 35.5. The Bertz CT molecular complexity index is 1340. The van der Waals surface area contributed by atoms with Crippen molar-refractivity contribution in [2.75, 3.05) is 50.3 Å². The Labute approximate surface area is 290 Å². The second-order valence-electron chi connectivity index (χ2n) is 10.9. The van der Waals surface area contributed by atoms with Gasteiger partial charge in [0.25, 0.3) is 5.91 Å². The Morgan fingerprint density at radius 1 is 1.06 bits per heavy atom. The number of nitrogens with zero attached hydrogens (tertiary/aromatic N) is 2. The molecule has 3 atom stereocenters. The maximum absolute atomic E-state index is 12.3. The molecule has 0 aliphatic carbocycles. The Hall–Kier alpha value is -2.64. The highest BCUT2D eigenvalue weighted by molar-refractivity contribution is 7.80. The van der Waals surface area contributed by atoms with E-state index >= 15 is 0 Å². The largest absolute Gasteiger partial charge is 0.480 e. The van der Waals surface area contributed by atoms with E-state index in [1.165, 1.54) is 4.90 Å². The second kappa shape index (κ2) is 18.8. The van der Waals surface area contributed by atoms with Crippen molar-refractivity contribution in [1.29, 1.82) is 0 Å². The average molecular weight is 731 g/mol. The van der Waals surface area contributed by atoms with Crippen molar-refractivity contribution >= 4 is 67.3 Å². The highest BCUT2D eigenvalue weighted by Crippen LogP contribution is 2.48. The van der Waals surface area contributed by atoms with Crippen LogP contribution in [0, 0.1) is 5.92 Å². The third-order valence-electron chi connectivity index (χ3n) is 7.76. The summed E-state index contributed by atoms with van der Waals surface area (Å²) in [4.78, 5) is 47.9. The zero-order chi connectivity index (χ0) is 34.5. The molecule has 3 aliphatic heterocycles. The third-order valence-corrected chi connectivity index (χ3v) is 10.9.